The van der Waals surface area contributed by atoms with Gasteiger partial charge in [-0.1, -0.05) is 24.6 Å². The molecule has 0 saturated carbocycles. The van der Waals surface area contributed by atoms with Crippen LogP contribution in [0.1, 0.15) is 32.6 Å². The van der Waals surface area contributed by atoms with E-state index in [1.807, 2.05) is 23.1 Å². The van der Waals surface area contributed by atoms with Gasteiger partial charge in [0.05, 0.1) is 5.37 Å². The summed E-state index contributed by atoms with van der Waals surface area (Å²) in [6, 6.07) is 10.3. The average Bonchev–Trinajstić information content (AvgIpc) is 2.55. The van der Waals surface area contributed by atoms with E-state index < -0.39 is 0 Å². The second-order valence-corrected chi connectivity index (χ2v) is 5.82. The van der Waals surface area contributed by atoms with Crippen LogP contribution in [0, 0.1) is 0 Å². The summed E-state index contributed by atoms with van der Waals surface area (Å²) in [6.45, 7) is 3.04. The zero-order chi connectivity index (χ0) is 12.1. The lowest BCUT2D eigenvalue weighted by Gasteiger charge is -2.27. The molecule has 92 valence electrons. The Bertz CT molecular complexity index is 366. The van der Waals surface area contributed by atoms with Crippen molar-refractivity contribution in [1.82, 2.24) is 4.90 Å². The monoisotopic (exact) mass is 249 g/mol. The highest BCUT2D eigenvalue weighted by atomic mass is 32.2. The van der Waals surface area contributed by atoms with Crippen molar-refractivity contribution in [3.8, 4) is 0 Å². The molecule has 0 bridgehead atoms. The number of amides is 1. The molecule has 2 nitrogen and oxygen atoms in total. The fourth-order valence-electron chi connectivity index (χ4n) is 2.15. The maximum atomic E-state index is 12.0. The smallest absolute Gasteiger partial charge is 0.223 e. The summed E-state index contributed by atoms with van der Waals surface area (Å²) in [5, 5.41) is 0.239. The Labute approximate surface area is 107 Å². The van der Waals surface area contributed by atoms with E-state index in [9.17, 15) is 4.79 Å². The van der Waals surface area contributed by atoms with Crippen molar-refractivity contribution < 1.29 is 4.79 Å². The molecule has 1 atom stereocenters. The predicted molar refractivity (Wildman–Crippen MR) is 71.9 cm³/mol. The van der Waals surface area contributed by atoms with Crippen LogP contribution in [0.15, 0.2) is 35.2 Å². The van der Waals surface area contributed by atoms with Crippen molar-refractivity contribution in [1.29, 1.82) is 0 Å². The second-order valence-electron chi connectivity index (χ2n) is 4.43. The molecule has 0 spiro atoms. The summed E-state index contributed by atoms with van der Waals surface area (Å²) in [5.41, 5.74) is 0. The quantitative estimate of drug-likeness (QED) is 0.764. The number of hydrogen-bond acceptors (Lipinski definition) is 2. The van der Waals surface area contributed by atoms with Gasteiger partial charge in [-0.3, -0.25) is 4.79 Å². The molecule has 1 aliphatic heterocycles. The molecule has 0 N–H and O–H groups in total. The third-order valence-corrected chi connectivity index (χ3v) is 4.24. The Hall–Kier alpha value is -0.960. The Kier molecular flexibility index (Phi) is 4.49. The van der Waals surface area contributed by atoms with Crippen LogP contribution in [-0.2, 0) is 4.79 Å². The van der Waals surface area contributed by atoms with Crippen molar-refractivity contribution in [3.63, 3.8) is 0 Å². The van der Waals surface area contributed by atoms with Gasteiger partial charge in [0.15, 0.2) is 0 Å². The first kappa shape index (κ1) is 12.5. The lowest BCUT2D eigenvalue weighted by Crippen LogP contribution is -2.36. The normalized spacial score (nSPS) is 18.9. The van der Waals surface area contributed by atoms with E-state index in [0.29, 0.717) is 5.91 Å². The largest absolute Gasteiger partial charge is 0.331 e. The second kappa shape index (κ2) is 6.10. The van der Waals surface area contributed by atoms with Gasteiger partial charge in [0.1, 0.15) is 0 Å². The SMILES string of the molecule is CC(Sc1ccccc1)N1CCCCCC1=O. The third kappa shape index (κ3) is 3.50. The van der Waals surface area contributed by atoms with Crippen molar-refractivity contribution in [2.24, 2.45) is 0 Å². The van der Waals surface area contributed by atoms with Gasteiger partial charge in [0.25, 0.3) is 0 Å². The van der Waals surface area contributed by atoms with Gasteiger partial charge in [0, 0.05) is 17.9 Å². The van der Waals surface area contributed by atoms with Gasteiger partial charge in [-0.05, 0) is 31.9 Å². The Balaban J connectivity index is 1.98. The first-order chi connectivity index (χ1) is 8.27. The van der Waals surface area contributed by atoms with Crippen LogP contribution in [0.5, 0.6) is 0 Å². The highest BCUT2D eigenvalue weighted by Crippen LogP contribution is 2.27. The predicted octanol–water partition coefficient (Wildman–Crippen LogP) is 3.53. The molecule has 1 aromatic rings. The summed E-state index contributed by atoms with van der Waals surface area (Å²) in [4.78, 5) is 15.2. The molecule has 1 aliphatic rings. The fourth-order valence-corrected chi connectivity index (χ4v) is 3.21. The van der Waals surface area contributed by atoms with Gasteiger partial charge >= 0.3 is 0 Å². The summed E-state index contributed by atoms with van der Waals surface area (Å²) in [6.07, 6.45) is 4.11. The van der Waals surface area contributed by atoms with Crippen molar-refractivity contribution in [2.75, 3.05) is 6.54 Å². The number of carbonyl (C=O) groups excluding carboxylic acids is 1. The topological polar surface area (TPSA) is 20.3 Å². The molecule has 1 saturated heterocycles. The molecule has 1 heterocycles. The summed E-state index contributed by atoms with van der Waals surface area (Å²) >= 11 is 1.77. The van der Waals surface area contributed by atoms with Crippen LogP contribution in [-0.4, -0.2) is 22.7 Å². The minimum atomic E-state index is 0.239. The van der Waals surface area contributed by atoms with Gasteiger partial charge in [-0.15, -0.1) is 11.8 Å². The first-order valence-corrected chi connectivity index (χ1v) is 7.16. The third-order valence-electron chi connectivity index (χ3n) is 3.10. The number of benzene rings is 1. The number of likely N-dealkylation sites (tertiary alicyclic amines) is 1. The zero-order valence-corrected chi connectivity index (χ0v) is 11.1. The molecule has 2 rings (SSSR count). The summed E-state index contributed by atoms with van der Waals surface area (Å²) in [5.74, 6) is 0.318. The number of hydrogen-bond donors (Lipinski definition) is 0. The fraction of sp³-hybridized carbons (Fsp3) is 0.500. The number of rotatable bonds is 3. The first-order valence-electron chi connectivity index (χ1n) is 6.28. The molecule has 1 aromatic carbocycles. The van der Waals surface area contributed by atoms with E-state index in [4.69, 9.17) is 0 Å². The molecule has 0 radical (unpaired) electrons. The highest BCUT2D eigenvalue weighted by Gasteiger charge is 2.22. The lowest BCUT2D eigenvalue weighted by atomic mass is 10.2. The minimum absolute atomic E-state index is 0.239. The zero-order valence-electron chi connectivity index (χ0n) is 10.3. The lowest BCUT2D eigenvalue weighted by molar-refractivity contribution is -0.131. The molecule has 1 unspecified atom stereocenters. The van der Waals surface area contributed by atoms with Crippen LogP contribution >= 0.6 is 11.8 Å². The maximum Gasteiger partial charge on any atom is 0.223 e. The van der Waals surface area contributed by atoms with Crippen molar-refractivity contribution in [3.05, 3.63) is 30.3 Å². The van der Waals surface area contributed by atoms with Crippen LogP contribution < -0.4 is 0 Å². The Morgan fingerprint density at radius 3 is 2.71 bits per heavy atom. The number of thioether (sulfide) groups is 1. The van der Waals surface area contributed by atoms with Gasteiger partial charge in [-0.2, -0.15) is 0 Å². The Morgan fingerprint density at radius 2 is 1.94 bits per heavy atom. The van der Waals surface area contributed by atoms with Gasteiger partial charge in [0.2, 0.25) is 5.91 Å². The Morgan fingerprint density at radius 1 is 1.18 bits per heavy atom. The van der Waals surface area contributed by atoms with Crippen molar-refractivity contribution >= 4 is 17.7 Å². The summed E-state index contributed by atoms with van der Waals surface area (Å²) < 4.78 is 0. The highest BCUT2D eigenvalue weighted by molar-refractivity contribution is 7.99. The molecular formula is C14H19NOS. The van der Waals surface area contributed by atoms with E-state index >= 15 is 0 Å². The van der Waals surface area contributed by atoms with Gasteiger partial charge < -0.3 is 4.90 Å². The van der Waals surface area contributed by atoms with Crippen LogP contribution in [0.25, 0.3) is 0 Å². The van der Waals surface area contributed by atoms with E-state index in [2.05, 4.69) is 19.1 Å². The molecular weight excluding hydrogens is 230 g/mol. The molecule has 0 aliphatic carbocycles. The standard InChI is InChI=1S/C14H19NOS/c1-12(17-13-8-4-2-5-9-13)15-11-7-3-6-10-14(15)16/h2,4-5,8-9,12H,3,6-7,10-11H2,1H3. The van der Waals surface area contributed by atoms with Crippen LogP contribution in [0.3, 0.4) is 0 Å². The number of carbonyl (C=O) groups is 1. The average molecular weight is 249 g/mol. The van der Waals surface area contributed by atoms with Crippen molar-refractivity contribution in [2.45, 2.75) is 42.9 Å². The summed E-state index contributed by atoms with van der Waals surface area (Å²) in [7, 11) is 0. The molecule has 1 fully saturated rings. The molecule has 17 heavy (non-hydrogen) atoms. The van der Waals surface area contributed by atoms with Gasteiger partial charge in [-0.25, -0.2) is 0 Å². The van der Waals surface area contributed by atoms with Crippen LogP contribution in [0.2, 0.25) is 0 Å². The molecule has 3 heteroatoms. The minimum Gasteiger partial charge on any atom is -0.331 e. The van der Waals surface area contributed by atoms with E-state index in [1.54, 1.807) is 11.8 Å². The van der Waals surface area contributed by atoms with E-state index in [0.717, 1.165) is 25.8 Å². The number of nitrogens with zero attached hydrogens (tertiary/aromatic N) is 1. The van der Waals surface area contributed by atoms with E-state index in [1.165, 1.54) is 11.3 Å². The molecule has 1 amide bonds. The van der Waals surface area contributed by atoms with E-state index in [-0.39, 0.29) is 5.37 Å². The molecule has 0 aromatic heterocycles. The van der Waals surface area contributed by atoms with Crippen LogP contribution in [0.4, 0.5) is 0 Å². The maximum absolute atomic E-state index is 12.0.